The third-order valence-electron chi connectivity index (χ3n) is 14.3. The molecule has 4 aromatic heterocycles. The fraction of sp³-hybridized carbons (Fsp3) is 0. The smallest absolute Gasteiger partial charge is 0.200 e. The summed E-state index contributed by atoms with van der Waals surface area (Å²) < 4.78 is 17.9. The van der Waals surface area contributed by atoms with Crippen molar-refractivity contribution in [3.8, 4) is 55.9 Å². The lowest BCUT2D eigenvalue weighted by molar-refractivity contribution is 0.660. The number of aromatic nitrogens is 2. The normalized spacial score (nSPS) is 12.2. The molecule has 14 aromatic rings. The number of hydrogen-bond donors (Lipinski definition) is 0. The number of para-hydroxylation sites is 6. The predicted molar refractivity (Wildman–Crippen MR) is 278 cm³/mol. The average molecular weight is 871 g/mol. The van der Waals surface area contributed by atoms with Gasteiger partial charge in [-0.1, -0.05) is 109 Å². The van der Waals surface area contributed by atoms with Gasteiger partial charge in [-0.2, -0.15) is 0 Å². The van der Waals surface area contributed by atoms with Crippen LogP contribution in [-0.2, 0) is 0 Å². The molecule has 0 unspecified atom stereocenters. The van der Waals surface area contributed by atoms with Gasteiger partial charge in [-0.05, 0) is 142 Å². The maximum absolute atomic E-state index is 14.6. The van der Waals surface area contributed by atoms with Crippen LogP contribution in [0.25, 0.3) is 143 Å². The van der Waals surface area contributed by atoms with Gasteiger partial charge in [0.15, 0.2) is 0 Å². The number of nitrogens with zero attached hydrogens (tertiary/aromatic N) is 2. The van der Waals surface area contributed by atoms with Gasteiger partial charge in [0.05, 0.1) is 43.6 Å². The molecule has 0 saturated heterocycles. The number of hydrogen-bond acceptors (Lipinski definition) is 4. The van der Waals surface area contributed by atoms with E-state index in [0.717, 1.165) is 99.5 Å². The Morgan fingerprint density at radius 3 is 0.941 bits per heavy atom. The van der Waals surface area contributed by atoms with E-state index in [1.54, 1.807) is 0 Å². The van der Waals surface area contributed by atoms with Crippen molar-refractivity contribution in [2.75, 3.05) is 0 Å². The summed E-state index contributed by atoms with van der Waals surface area (Å²) in [7, 11) is 0. The van der Waals surface area contributed by atoms with Crippen LogP contribution in [0, 0.1) is 0 Å². The topological polar surface area (TPSA) is 70.3 Å². The minimum absolute atomic E-state index is 0.0891. The molecule has 0 aliphatic heterocycles. The zero-order valence-electron chi connectivity index (χ0n) is 36.2. The molecule has 0 saturated carbocycles. The van der Waals surface area contributed by atoms with Crippen LogP contribution in [0.2, 0.25) is 0 Å². The highest BCUT2D eigenvalue weighted by Gasteiger charge is 2.28. The Kier molecular flexibility index (Phi) is 7.42. The summed E-state index contributed by atoms with van der Waals surface area (Å²) in [4.78, 5) is 29.2. The molecule has 0 bridgehead atoms. The summed E-state index contributed by atoms with van der Waals surface area (Å²) in [5.74, 6) is 0. The van der Waals surface area contributed by atoms with Gasteiger partial charge < -0.3 is 18.0 Å². The summed E-state index contributed by atoms with van der Waals surface area (Å²) in [6, 6.07) is 70.4. The van der Waals surface area contributed by atoms with Crippen molar-refractivity contribution in [3.63, 3.8) is 0 Å². The summed E-state index contributed by atoms with van der Waals surface area (Å²) in [5.41, 5.74) is 15.5. The molecule has 1 aliphatic rings. The van der Waals surface area contributed by atoms with Gasteiger partial charge in [-0.3, -0.25) is 9.59 Å². The minimum atomic E-state index is -0.0891. The molecule has 6 nitrogen and oxygen atoms in total. The molecule has 10 aromatic carbocycles. The zero-order valence-corrected chi connectivity index (χ0v) is 36.2. The Morgan fingerprint density at radius 1 is 0.250 bits per heavy atom. The van der Waals surface area contributed by atoms with Crippen molar-refractivity contribution in [2.45, 2.75) is 0 Å². The van der Waals surface area contributed by atoms with Gasteiger partial charge in [-0.25, -0.2) is 0 Å². The predicted octanol–water partition coefficient (Wildman–Crippen LogP) is 15.4. The zero-order chi connectivity index (χ0) is 44.8. The molecule has 4 heterocycles. The van der Waals surface area contributed by atoms with Gasteiger partial charge >= 0.3 is 0 Å². The van der Waals surface area contributed by atoms with Crippen LogP contribution in [0.4, 0.5) is 0 Å². The molecule has 15 rings (SSSR count). The molecular formula is C62H34N2O4. The van der Waals surface area contributed by atoms with E-state index in [2.05, 4.69) is 143 Å². The van der Waals surface area contributed by atoms with Crippen molar-refractivity contribution < 1.29 is 8.83 Å². The summed E-state index contributed by atoms with van der Waals surface area (Å²) >= 11 is 0. The minimum Gasteiger partial charge on any atom is -0.456 e. The Balaban J connectivity index is 1.11. The van der Waals surface area contributed by atoms with Crippen LogP contribution in [0.15, 0.2) is 225 Å². The van der Waals surface area contributed by atoms with E-state index < -0.39 is 0 Å². The highest BCUT2D eigenvalue weighted by atomic mass is 16.3. The Labute approximate surface area is 386 Å². The fourth-order valence-electron chi connectivity index (χ4n) is 11.2. The van der Waals surface area contributed by atoms with E-state index in [9.17, 15) is 9.59 Å². The van der Waals surface area contributed by atoms with Crippen molar-refractivity contribution in [2.24, 2.45) is 0 Å². The lowest BCUT2D eigenvalue weighted by Gasteiger charge is -2.25. The molecule has 0 fully saturated rings. The first-order valence-corrected chi connectivity index (χ1v) is 22.8. The van der Waals surface area contributed by atoms with Crippen LogP contribution in [0.1, 0.15) is 0 Å². The van der Waals surface area contributed by atoms with Gasteiger partial charge in [0.2, 0.25) is 10.9 Å². The number of benzene rings is 10. The Hall–Kier alpha value is -9.26. The third-order valence-corrected chi connectivity index (χ3v) is 14.3. The number of rotatable bonds is 2. The second-order valence-corrected chi connectivity index (χ2v) is 17.8. The first kappa shape index (κ1) is 37.0. The molecule has 6 heteroatoms. The van der Waals surface area contributed by atoms with Gasteiger partial charge in [0.1, 0.15) is 22.3 Å². The lowest BCUT2D eigenvalue weighted by atomic mass is 9.79. The van der Waals surface area contributed by atoms with Crippen LogP contribution < -0.4 is 10.9 Å². The van der Waals surface area contributed by atoms with E-state index in [4.69, 9.17) is 8.83 Å². The van der Waals surface area contributed by atoms with E-state index in [-0.39, 0.29) is 10.9 Å². The quantitative estimate of drug-likeness (QED) is 0.162. The van der Waals surface area contributed by atoms with Gasteiger partial charge in [-0.15, -0.1) is 0 Å². The largest absolute Gasteiger partial charge is 0.456 e. The third kappa shape index (κ3) is 5.06. The van der Waals surface area contributed by atoms with Crippen molar-refractivity contribution in [3.05, 3.63) is 227 Å². The standard InChI is InChI=1S/C62H34N2O4/c65-61-43-17-5-11-23-57(43)68-60-34-50-38-28-26-36(64-55-21-9-3-15-41(55)42-16-4-10-22-56(42)64)30-46(38)48-32-52-59(67-58-24-12-6-18-44(58)62(52)66)33-49(48)37-27-25-35(29-45(37)47(50)31-51(60)61)63-53-19-7-1-13-39(53)40-14-2-8-20-54(40)63/h1-34H. The highest BCUT2D eigenvalue weighted by Crippen LogP contribution is 2.51. The monoisotopic (exact) mass is 870 g/mol. The number of fused-ring (bicyclic) bond motifs is 18. The Bertz CT molecular complexity index is 4270. The van der Waals surface area contributed by atoms with Crippen LogP contribution in [0.3, 0.4) is 0 Å². The first-order valence-electron chi connectivity index (χ1n) is 22.8. The summed E-state index contributed by atoms with van der Waals surface area (Å²) in [6.07, 6.45) is 0. The molecule has 1 aliphatic carbocycles. The second-order valence-electron chi connectivity index (χ2n) is 17.8. The van der Waals surface area contributed by atoms with Crippen molar-refractivity contribution in [1.29, 1.82) is 0 Å². The van der Waals surface area contributed by atoms with Crippen LogP contribution in [-0.4, -0.2) is 9.13 Å². The van der Waals surface area contributed by atoms with Crippen LogP contribution >= 0.6 is 0 Å². The molecule has 0 spiro atoms. The van der Waals surface area contributed by atoms with Gasteiger partial charge in [0.25, 0.3) is 0 Å². The maximum atomic E-state index is 14.6. The summed E-state index contributed by atoms with van der Waals surface area (Å²) in [6.45, 7) is 0. The molecule has 316 valence electrons. The van der Waals surface area contributed by atoms with E-state index >= 15 is 0 Å². The molecule has 0 radical (unpaired) electrons. The molecular weight excluding hydrogens is 837 g/mol. The fourth-order valence-corrected chi connectivity index (χ4v) is 11.2. The van der Waals surface area contributed by atoms with Crippen LogP contribution in [0.5, 0.6) is 0 Å². The Morgan fingerprint density at radius 2 is 0.559 bits per heavy atom. The lowest BCUT2D eigenvalue weighted by Crippen LogP contribution is -2.06. The molecule has 0 N–H and O–H groups in total. The van der Waals surface area contributed by atoms with E-state index in [1.165, 1.54) is 0 Å². The van der Waals surface area contributed by atoms with E-state index in [1.807, 2.05) is 72.8 Å². The molecule has 68 heavy (non-hydrogen) atoms. The SMILES string of the molecule is O=c1c2ccccc2oc2cc3c(cc12)-c1cc(-n2c4ccccc4c4ccccc42)ccc1-c1cc2oc4ccccc4c(=O)c2cc1-c1cc(-n2c4ccccc4c4ccccc42)ccc1-3. The van der Waals surface area contributed by atoms with E-state index in [0.29, 0.717) is 43.9 Å². The molecule has 0 atom stereocenters. The van der Waals surface area contributed by atoms with Gasteiger partial charge in [0, 0.05) is 32.9 Å². The average Bonchev–Trinajstić information content (AvgIpc) is 3.91. The van der Waals surface area contributed by atoms with Crippen molar-refractivity contribution >= 4 is 87.5 Å². The highest BCUT2D eigenvalue weighted by molar-refractivity contribution is 6.13. The maximum Gasteiger partial charge on any atom is 0.200 e. The second kappa shape index (κ2) is 13.6. The molecule has 0 amide bonds. The first-order chi connectivity index (χ1) is 33.6. The van der Waals surface area contributed by atoms with Crippen molar-refractivity contribution in [1.82, 2.24) is 9.13 Å². The summed E-state index contributed by atoms with van der Waals surface area (Å²) in [5, 5.41) is 6.71.